The maximum absolute atomic E-state index is 7.57. The molecule has 0 atom stereocenters. The van der Waals surface area contributed by atoms with Gasteiger partial charge in [-0.25, -0.2) is 4.85 Å². The van der Waals surface area contributed by atoms with Crippen LogP contribution < -0.4 is 0 Å². The highest BCUT2D eigenvalue weighted by molar-refractivity contribution is 6.12. The molecule has 0 radical (unpaired) electrons. The molecule has 0 fully saturated rings. The molecule has 8 rings (SSSR count). The van der Waals surface area contributed by atoms with Gasteiger partial charge >= 0.3 is 0 Å². The average Bonchev–Trinajstić information content (AvgIpc) is 3.54. The van der Waals surface area contributed by atoms with Gasteiger partial charge in [0.1, 0.15) is 0 Å². The zero-order valence-electron chi connectivity index (χ0n) is 21.6. The van der Waals surface area contributed by atoms with Crippen molar-refractivity contribution in [2.75, 3.05) is 0 Å². The molecule has 0 saturated heterocycles. The molecule has 2 aromatic heterocycles. The molecule has 3 heteroatoms. The van der Waals surface area contributed by atoms with Crippen molar-refractivity contribution in [2.45, 2.75) is 0 Å². The van der Waals surface area contributed by atoms with E-state index < -0.39 is 0 Å². The zero-order chi connectivity index (χ0) is 26.6. The Morgan fingerprint density at radius 3 is 1.55 bits per heavy atom. The highest BCUT2D eigenvalue weighted by Crippen LogP contribution is 2.37. The first-order chi connectivity index (χ1) is 19.8. The third kappa shape index (κ3) is 3.30. The van der Waals surface area contributed by atoms with Gasteiger partial charge in [-0.1, -0.05) is 78.9 Å². The number of rotatable bonds is 3. The monoisotopic (exact) mass is 509 g/mol. The van der Waals surface area contributed by atoms with Crippen LogP contribution in [0, 0.1) is 6.57 Å². The van der Waals surface area contributed by atoms with Crippen LogP contribution in [-0.4, -0.2) is 9.13 Å². The van der Waals surface area contributed by atoms with Crippen LogP contribution in [0.3, 0.4) is 0 Å². The van der Waals surface area contributed by atoms with Crippen molar-refractivity contribution in [3.63, 3.8) is 0 Å². The summed E-state index contributed by atoms with van der Waals surface area (Å²) in [5.41, 5.74) is 9.88. The lowest BCUT2D eigenvalue weighted by Crippen LogP contribution is -1.94. The molecule has 0 aliphatic heterocycles. The van der Waals surface area contributed by atoms with Crippen molar-refractivity contribution < 1.29 is 0 Å². The fraction of sp³-hybridized carbons (Fsp3) is 0. The maximum atomic E-state index is 7.57. The molecule has 3 nitrogen and oxygen atoms in total. The van der Waals surface area contributed by atoms with Gasteiger partial charge in [0.15, 0.2) is 5.69 Å². The summed E-state index contributed by atoms with van der Waals surface area (Å²) in [6, 6.07) is 49.1. The standard InChI is InChI=1S/C37H23N3/c1-38-27-18-22-37-33(24-27)32-23-26(17-21-36(32)39(37)28-9-3-2-4-10-28)25-15-19-29(20-16-25)40-34-13-7-5-11-30(34)31-12-6-8-14-35(31)40/h2-24H. The molecule has 6 aromatic carbocycles. The second kappa shape index (κ2) is 8.73. The highest BCUT2D eigenvalue weighted by Gasteiger charge is 2.15. The van der Waals surface area contributed by atoms with Crippen molar-refractivity contribution in [1.82, 2.24) is 9.13 Å². The smallest absolute Gasteiger partial charge is 0.188 e. The quantitative estimate of drug-likeness (QED) is 0.210. The molecule has 186 valence electrons. The Bertz CT molecular complexity index is 2210. The lowest BCUT2D eigenvalue weighted by Gasteiger charge is -2.10. The Kier molecular flexibility index (Phi) is 4.89. The lowest BCUT2D eigenvalue weighted by atomic mass is 10.0. The van der Waals surface area contributed by atoms with E-state index in [1.54, 1.807) is 0 Å². The largest absolute Gasteiger partial charge is 0.309 e. The average molecular weight is 510 g/mol. The molecule has 0 N–H and O–H groups in total. The number of hydrogen-bond acceptors (Lipinski definition) is 0. The van der Waals surface area contributed by atoms with Crippen molar-refractivity contribution in [2.24, 2.45) is 0 Å². The summed E-state index contributed by atoms with van der Waals surface area (Å²) in [5, 5.41) is 4.77. The Balaban J connectivity index is 1.29. The molecule has 0 aliphatic carbocycles. The molecular formula is C37H23N3. The fourth-order valence-electron chi connectivity index (χ4n) is 6.12. The lowest BCUT2D eigenvalue weighted by molar-refractivity contribution is 1.18. The number of hydrogen-bond donors (Lipinski definition) is 0. The summed E-state index contributed by atoms with van der Waals surface area (Å²) in [4.78, 5) is 3.71. The summed E-state index contributed by atoms with van der Waals surface area (Å²) < 4.78 is 4.63. The Hall–Kier alpha value is -5.59. The minimum absolute atomic E-state index is 0.653. The van der Waals surface area contributed by atoms with Gasteiger partial charge in [0.05, 0.1) is 28.6 Å². The zero-order valence-corrected chi connectivity index (χ0v) is 21.6. The second-order valence-corrected chi connectivity index (χ2v) is 10.1. The third-order valence-corrected chi connectivity index (χ3v) is 7.93. The van der Waals surface area contributed by atoms with E-state index in [0.717, 1.165) is 44.3 Å². The predicted molar refractivity (Wildman–Crippen MR) is 167 cm³/mol. The Morgan fingerprint density at radius 2 is 0.900 bits per heavy atom. The van der Waals surface area contributed by atoms with Gasteiger partial charge < -0.3 is 9.13 Å². The number of para-hydroxylation sites is 3. The molecule has 2 heterocycles. The molecule has 0 unspecified atom stereocenters. The van der Waals surface area contributed by atoms with Crippen molar-refractivity contribution in [3.05, 3.63) is 151 Å². The predicted octanol–water partition coefficient (Wildman–Crippen LogP) is 10.1. The van der Waals surface area contributed by atoms with E-state index in [1.807, 2.05) is 18.2 Å². The topological polar surface area (TPSA) is 14.2 Å². The minimum atomic E-state index is 0.653. The van der Waals surface area contributed by atoms with Crippen LogP contribution >= 0.6 is 0 Å². The first-order valence-electron chi connectivity index (χ1n) is 13.4. The first kappa shape index (κ1) is 22.4. The maximum Gasteiger partial charge on any atom is 0.188 e. The van der Waals surface area contributed by atoms with Crippen molar-refractivity contribution >= 4 is 49.3 Å². The Morgan fingerprint density at radius 1 is 0.400 bits per heavy atom. The molecule has 0 spiro atoms. The van der Waals surface area contributed by atoms with Crippen LogP contribution in [0.15, 0.2) is 140 Å². The SMILES string of the molecule is [C-]#[N+]c1ccc2c(c1)c1cc(-c3ccc(-n4c5ccccc5c5ccccc54)cc3)ccc1n2-c1ccccc1. The number of benzene rings is 6. The van der Waals surface area contributed by atoms with Crippen LogP contribution in [0.1, 0.15) is 0 Å². The molecule has 0 aliphatic rings. The van der Waals surface area contributed by atoms with Gasteiger partial charge in [-0.3, -0.25) is 0 Å². The summed E-state index contributed by atoms with van der Waals surface area (Å²) in [7, 11) is 0. The van der Waals surface area contributed by atoms with Gasteiger partial charge in [-0.15, -0.1) is 0 Å². The normalized spacial score (nSPS) is 11.5. The third-order valence-electron chi connectivity index (χ3n) is 7.93. The molecule has 40 heavy (non-hydrogen) atoms. The van der Waals surface area contributed by atoms with Crippen molar-refractivity contribution in [3.8, 4) is 22.5 Å². The van der Waals surface area contributed by atoms with Crippen LogP contribution in [0.2, 0.25) is 0 Å². The number of fused-ring (bicyclic) bond motifs is 6. The molecule has 0 bridgehead atoms. The highest BCUT2D eigenvalue weighted by atomic mass is 15.0. The van der Waals surface area contributed by atoms with E-state index in [1.165, 1.54) is 21.8 Å². The summed E-state index contributed by atoms with van der Waals surface area (Å²) in [6.45, 7) is 7.57. The van der Waals surface area contributed by atoms with E-state index in [0.29, 0.717) is 5.69 Å². The van der Waals surface area contributed by atoms with Crippen LogP contribution in [0.25, 0.3) is 71.0 Å². The van der Waals surface area contributed by atoms with E-state index in [2.05, 4.69) is 135 Å². The van der Waals surface area contributed by atoms with E-state index in [-0.39, 0.29) is 0 Å². The number of aromatic nitrogens is 2. The summed E-state index contributed by atoms with van der Waals surface area (Å²) in [6.07, 6.45) is 0. The van der Waals surface area contributed by atoms with Crippen LogP contribution in [-0.2, 0) is 0 Å². The van der Waals surface area contributed by atoms with Gasteiger partial charge in [0, 0.05) is 27.5 Å². The van der Waals surface area contributed by atoms with Gasteiger partial charge in [0.2, 0.25) is 0 Å². The molecule has 0 amide bonds. The molecular weight excluding hydrogens is 486 g/mol. The molecule has 0 saturated carbocycles. The van der Waals surface area contributed by atoms with Crippen LogP contribution in [0.5, 0.6) is 0 Å². The summed E-state index contributed by atoms with van der Waals surface area (Å²) in [5.74, 6) is 0. The van der Waals surface area contributed by atoms with E-state index in [4.69, 9.17) is 6.57 Å². The van der Waals surface area contributed by atoms with E-state index in [9.17, 15) is 0 Å². The van der Waals surface area contributed by atoms with Crippen LogP contribution in [0.4, 0.5) is 5.69 Å². The van der Waals surface area contributed by atoms with E-state index >= 15 is 0 Å². The molecule has 8 aromatic rings. The van der Waals surface area contributed by atoms with Gasteiger partial charge in [0.25, 0.3) is 0 Å². The minimum Gasteiger partial charge on any atom is -0.309 e. The fourth-order valence-corrected chi connectivity index (χ4v) is 6.12. The van der Waals surface area contributed by atoms with Gasteiger partial charge in [-0.2, -0.15) is 0 Å². The first-order valence-corrected chi connectivity index (χ1v) is 13.4. The van der Waals surface area contributed by atoms with Gasteiger partial charge in [-0.05, 0) is 77.2 Å². The Labute approximate surface area is 231 Å². The van der Waals surface area contributed by atoms with Crippen molar-refractivity contribution in [1.29, 1.82) is 0 Å². The number of nitrogens with zero attached hydrogens (tertiary/aromatic N) is 3. The second-order valence-electron chi connectivity index (χ2n) is 10.1. The summed E-state index contributed by atoms with van der Waals surface area (Å²) >= 11 is 0.